The molecule has 0 atom stereocenters. The first-order valence-electron chi connectivity index (χ1n) is 9.73. The number of carbonyl (C=O) groups is 1. The Bertz CT molecular complexity index is 851. The molecule has 0 saturated carbocycles. The Morgan fingerprint density at radius 3 is 2.66 bits per heavy atom. The minimum absolute atomic E-state index is 0.263. The molecule has 0 aliphatic carbocycles. The highest BCUT2D eigenvalue weighted by Crippen LogP contribution is 2.37. The van der Waals surface area contributed by atoms with Gasteiger partial charge in [-0.25, -0.2) is 0 Å². The van der Waals surface area contributed by atoms with E-state index >= 15 is 0 Å². The van der Waals surface area contributed by atoms with E-state index in [2.05, 4.69) is 10.2 Å². The average molecular weight is 419 g/mol. The number of hydrogen-bond donors (Lipinski definition) is 1. The highest BCUT2D eigenvalue weighted by Gasteiger charge is 2.19. The van der Waals surface area contributed by atoms with E-state index in [4.69, 9.17) is 25.8 Å². The van der Waals surface area contributed by atoms with E-state index in [0.717, 1.165) is 24.5 Å². The molecule has 1 fully saturated rings. The van der Waals surface area contributed by atoms with Gasteiger partial charge < -0.3 is 24.4 Å². The average Bonchev–Trinajstić information content (AvgIpc) is 2.73. The van der Waals surface area contributed by atoms with Crippen LogP contribution in [0.4, 0.5) is 11.4 Å². The maximum Gasteiger partial charge on any atom is 0.255 e. The summed E-state index contributed by atoms with van der Waals surface area (Å²) >= 11 is 6.39. The number of para-hydroxylation sites is 2. The zero-order chi connectivity index (χ0) is 20.8. The second-order valence-corrected chi connectivity index (χ2v) is 7.67. The zero-order valence-corrected chi connectivity index (χ0v) is 17.8. The van der Waals surface area contributed by atoms with Crippen LogP contribution in [0.1, 0.15) is 24.2 Å². The number of halogens is 1. The SMILES string of the molecule is COc1cc(C(=O)Nc2ccccc2N2CCOCC2)cc(Cl)c1OCC(C)C. The highest BCUT2D eigenvalue weighted by atomic mass is 35.5. The van der Waals surface area contributed by atoms with Crippen molar-refractivity contribution in [3.05, 3.63) is 47.0 Å². The number of nitrogens with one attached hydrogen (secondary N) is 1. The van der Waals surface area contributed by atoms with Gasteiger partial charge in [-0.05, 0) is 30.2 Å². The fraction of sp³-hybridized carbons (Fsp3) is 0.409. The van der Waals surface area contributed by atoms with Crippen molar-refractivity contribution in [3.8, 4) is 11.5 Å². The summed E-state index contributed by atoms with van der Waals surface area (Å²) in [6, 6.07) is 11.0. The van der Waals surface area contributed by atoms with Crippen LogP contribution in [0.3, 0.4) is 0 Å². The number of carbonyl (C=O) groups excluding carboxylic acids is 1. The number of nitrogens with zero attached hydrogens (tertiary/aromatic N) is 1. The van der Waals surface area contributed by atoms with Gasteiger partial charge in [-0.15, -0.1) is 0 Å². The Hall–Kier alpha value is -2.44. The molecule has 1 N–H and O–H groups in total. The topological polar surface area (TPSA) is 60.0 Å². The standard InChI is InChI=1S/C22H27ClN2O4/c1-15(2)14-29-21-17(23)12-16(13-20(21)27-3)22(26)24-18-6-4-5-7-19(18)25-8-10-28-11-9-25/h4-7,12-13,15H,8-11,14H2,1-3H3,(H,24,26). The van der Waals surface area contributed by atoms with Crippen LogP contribution < -0.4 is 19.7 Å². The van der Waals surface area contributed by atoms with Crippen molar-refractivity contribution in [3.63, 3.8) is 0 Å². The lowest BCUT2D eigenvalue weighted by atomic mass is 10.1. The van der Waals surface area contributed by atoms with Gasteiger partial charge in [-0.3, -0.25) is 4.79 Å². The fourth-order valence-electron chi connectivity index (χ4n) is 3.09. The van der Waals surface area contributed by atoms with Crippen molar-refractivity contribution >= 4 is 28.9 Å². The van der Waals surface area contributed by atoms with Gasteiger partial charge in [0.05, 0.1) is 43.3 Å². The van der Waals surface area contributed by atoms with Crippen molar-refractivity contribution in [1.29, 1.82) is 0 Å². The van der Waals surface area contributed by atoms with Gasteiger partial charge in [0.2, 0.25) is 0 Å². The van der Waals surface area contributed by atoms with Gasteiger partial charge in [0.1, 0.15) is 0 Å². The van der Waals surface area contributed by atoms with E-state index < -0.39 is 0 Å². The highest BCUT2D eigenvalue weighted by molar-refractivity contribution is 6.32. The second kappa shape index (κ2) is 9.85. The van der Waals surface area contributed by atoms with Crippen molar-refractivity contribution < 1.29 is 19.0 Å². The fourth-order valence-corrected chi connectivity index (χ4v) is 3.36. The third-order valence-electron chi connectivity index (χ3n) is 4.56. The number of amides is 1. The molecule has 2 aromatic rings. The maximum absolute atomic E-state index is 12.9. The van der Waals surface area contributed by atoms with Gasteiger partial charge >= 0.3 is 0 Å². The Morgan fingerprint density at radius 1 is 1.24 bits per heavy atom. The van der Waals surface area contributed by atoms with Crippen molar-refractivity contribution in [1.82, 2.24) is 0 Å². The molecule has 0 unspecified atom stereocenters. The van der Waals surface area contributed by atoms with Gasteiger partial charge in [0.25, 0.3) is 5.91 Å². The molecule has 0 aromatic heterocycles. The van der Waals surface area contributed by atoms with Crippen LogP contribution in [-0.2, 0) is 4.74 Å². The summed E-state index contributed by atoms with van der Waals surface area (Å²) in [4.78, 5) is 15.1. The lowest BCUT2D eigenvalue weighted by molar-refractivity contribution is 0.102. The molecule has 6 nitrogen and oxygen atoms in total. The first kappa shape index (κ1) is 21.3. The van der Waals surface area contributed by atoms with Gasteiger partial charge in [-0.1, -0.05) is 37.6 Å². The van der Waals surface area contributed by atoms with Crippen LogP contribution in [0.5, 0.6) is 11.5 Å². The first-order valence-corrected chi connectivity index (χ1v) is 10.1. The summed E-state index contributed by atoms with van der Waals surface area (Å²) < 4.78 is 16.6. The van der Waals surface area contributed by atoms with Crippen molar-refractivity contribution in [2.45, 2.75) is 13.8 Å². The molecule has 1 amide bonds. The minimum atomic E-state index is -0.263. The largest absolute Gasteiger partial charge is 0.493 e. The van der Waals surface area contributed by atoms with Crippen LogP contribution in [0, 0.1) is 5.92 Å². The van der Waals surface area contributed by atoms with Crippen LogP contribution in [0.2, 0.25) is 5.02 Å². The van der Waals surface area contributed by atoms with E-state index in [0.29, 0.717) is 47.8 Å². The summed E-state index contributed by atoms with van der Waals surface area (Å²) in [5.41, 5.74) is 2.12. The smallest absolute Gasteiger partial charge is 0.255 e. The molecule has 156 valence electrons. The summed E-state index contributed by atoms with van der Waals surface area (Å²) in [5, 5.41) is 3.34. The molecule has 29 heavy (non-hydrogen) atoms. The number of anilines is 2. The zero-order valence-electron chi connectivity index (χ0n) is 17.0. The first-order chi connectivity index (χ1) is 14.0. The third-order valence-corrected chi connectivity index (χ3v) is 4.84. The number of methoxy groups -OCH3 is 1. The van der Waals surface area contributed by atoms with Crippen LogP contribution in [0.25, 0.3) is 0 Å². The predicted molar refractivity (Wildman–Crippen MR) is 116 cm³/mol. The van der Waals surface area contributed by atoms with E-state index in [-0.39, 0.29) is 5.91 Å². The van der Waals surface area contributed by atoms with Crippen LogP contribution in [-0.4, -0.2) is 45.9 Å². The van der Waals surface area contributed by atoms with Gasteiger partial charge in [0, 0.05) is 18.7 Å². The van der Waals surface area contributed by atoms with Crippen LogP contribution >= 0.6 is 11.6 Å². The molecule has 0 radical (unpaired) electrons. The molecule has 0 spiro atoms. The summed E-state index contributed by atoms with van der Waals surface area (Å²) in [5.74, 6) is 0.967. The van der Waals surface area contributed by atoms with E-state index in [1.54, 1.807) is 12.1 Å². The number of ether oxygens (including phenoxy) is 3. The second-order valence-electron chi connectivity index (χ2n) is 7.26. The summed E-state index contributed by atoms with van der Waals surface area (Å²) in [6.45, 7) is 7.53. The van der Waals surface area contributed by atoms with E-state index in [1.807, 2.05) is 38.1 Å². The Kier molecular flexibility index (Phi) is 7.23. The quantitative estimate of drug-likeness (QED) is 0.718. The lowest BCUT2D eigenvalue weighted by Gasteiger charge is -2.30. The molecule has 1 heterocycles. The minimum Gasteiger partial charge on any atom is -0.493 e. The Morgan fingerprint density at radius 2 is 1.97 bits per heavy atom. The summed E-state index contributed by atoms with van der Waals surface area (Å²) in [7, 11) is 1.53. The molecule has 2 aromatic carbocycles. The molecule has 3 rings (SSSR count). The number of rotatable bonds is 7. The molecule has 1 aliphatic rings. The van der Waals surface area contributed by atoms with Crippen LogP contribution in [0.15, 0.2) is 36.4 Å². The molecular weight excluding hydrogens is 392 g/mol. The van der Waals surface area contributed by atoms with Crippen molar-refractivity contribution in [2.75, 3.05) is 50.2 Å². The van der Waals surface area contributed by atoms with Gasteiger partial charge in [-0.2, -0.15) is 0 Å². The predicted octanol–water partition coefficient (Wildman–Crippen LogP) is 4.47. The van der Waals surface area contributed by atoms with E-state index in [9.17, 15) is 4.79 Å². The summed E-state index contributed by atoms with van der Waals surface area (Å²) in [6.07, 6.45) is 0. The molecule has 1 saturated heterocycles. The number of morpholine rings is 1. The monoisotopic (exact) mass is 418 g/mol. The van der Waals surface area contributed by atoms with Gasteiger partial charge in [0.15, 0.2) is 11.5 Å². The lowest BCUT2D eigenvalue weighted by Crippen LogP contribution is -2.36. The number of benzene rings is 2. The van der Waals surface area contributed by atoms with E-state index in [1.165, 1.54) is 7.11 Å². The maximum atomic E-state index is 12.9. The number of hydrogen-bond acceptors (Lipinski definition) is 5. The molecule has 1 aliphatic heterocycles. The Balaban J connectivity index is 1.82. The van der Waals surface area contributed by atoms with Crippen molar-refractivity contribution in [2.24, 2.45) is 5.92 Å². The third kappa shape index (κ3) is 5.34. The Labute approximate surface area is 176 Å². The molecule has 7 heteroatoms. The molecule has 0 bridgehead atoms. The molecular formula is C22H27ClN2O4. The normalized spacial score (nSPS) is 14.0.